The first-order chi connectivity index (χ1) is 9.61. The van der Waals surface area contributed by atoms with Gasteiger partial charge in [-0.1, -0.05) is 43.6 Å². The Kier molecular flexibility index (Phi) is 4.74. The lowest BCUT2D eigenvalue weighted by molar-refractivity contribution is 0.476. The molecule has 0 saturated carbocycles. The third kappa shape index (κ3) is 3.36. The highest BCUT2D eigenvalue weighted by molar-refractivity contribution is 6.32. The predicted molar refractivity (Wildman–Crippen MR) is 82.4 cm³/mol. The number of hydrogen-bond acceptors (Lipinski definition) is 3. The van der Waals surface area contributed by atoms with Crippen LogP contribution in [0.25, 0.3) is 0 Å². The fourth-order valence-corrected chi connectivity index (χ4v) is 1.98. The third-order valence-corrected chi connectivity index (χ3v) is 3.62. The maximum absolute atomic E-state index is 9.85. The van der Waals surface area contributed by atoms with Crippen LogP contribution >= 0.6 is 11.6 Å². The molecule has 0 bridgehead atoms. The molecular formula is C16H17ClN2O. The Balaban J connectivity index is 2.31. The fourth-order valence-electron chi connectivity index (χ4n) is 1.80. The summed E-state index contributed by atoms with van der Waals surface area (Å²) in [5, 5.41) is 18.6. The first-order valence-corrected chi connectivity index (χ1v) is 6.98. The Morgan fingerprint density at radius 1 is 1.10 bits per heavy atom. The molecule has 0 fully saturated rings. The number of benzene rings is 2. The Morgan fingerprint density at radius 3 is 2.50 bits per heavy atom. The summed E-state index contributed by atoms with van der Waals surface area (Å²) in [4.78, 5) is 0. The van der Waals surface area contributed by atoms with Crippen molar-refractivity contribution in [2.45, 2.75) is 26.2 Å². The minimum absolute atomic E-state index is 0.118. The van der Waals surface area contributed by atoms with E-state index in [1.54, 1.807) is 18.2 Å². The summed E-state index contributed by atoms with van der Waals surface area (Å²) in [6.45, 7) is 4.27. The van der Waals surface area contributed by atoms with Crippen LogP contribution in [-0.2, 0) is 0 Å². The number of nitrogens with zero attached hydrogens (tertiary/aromatic N) is 2. The highest BCUT2D eigenvalue weighted by Gasteiger charge is 2.07. The molecule has 0 radical (unpaired) electrons. The molecule has 0 aliphatic heterocycles. The number of aromatic hydroxyl groups is 1. The highest BCUT2D eigenvalue weighted by atomic mass is 35.5. The van der Waals surface area contributed by atoms with Gasteiger partial charge in [0.25, 0.3) is 0 Å². The van der Waals surface area contributed by atoms with Crippen LogP contribution in [0.5, 0.6) is 5.75 Å². The minimum atomic E-state index is 0.118. The summed E-state index contributed by atoms with van der Waals surface area (Å²) in [7, 11) is 0. The van der Waals surface area contributed by atoms with Crippen LogP contribution in [0, 0.1) is 0 Å². The summed E-state index contributed by atoms with van der Waals surface area (Å²) in [5.74, 6) is 0.540. The van der Waals surface area contributed by atoms with E-state index in [0.29, 0.717) is 22.3 Å². The van der Waals surface area contributed by atoms with Gasteiger partial charge in [0.1, 0.15) is 17.1 Å². The highest BCUT2D eigenvalue weighted by Crippen LogP contribution is 2.33. The van der Waals surface area contributed by atoms with Crippen LogP contribution in [0.3, 0.4) is 0 Å². The smallest absolute Gasteiger partial charge is 0.143 e. The van der Waals surface area contributed by atoms with Gasteiger partial charge in [0.05, 0.1) is 5.02 Å². The van der Waals surface area contributed by atoms with Crippen molar-refractivity contribution >= 4 is 23.0 Å². The van der Waals surface area contributed by atoms with Crippen LogP contribution in [0.15, 0.2) is 52.7 Å². The van der Waals surface area contributed by atoms with Crippen LogP contribution in [0.1, 0.15) is 31.7 Å². The molecule has 3 nitrogen and oxygen atoms in total. The lowest BCUT2D eigenvalue weighted by Crippen LogP contribution is -1.90. The first kappa shape index (κ1) is 14.5. The molecule has 1 unspecified atom stereocenters. The average molecular weight is 289 g/mol. The van der Waals surface area contributed by atoms with Gasteiger partial charge in [0.2, 0.25) is 0 Å². The van der Waals surface area contributed by atoms with Crippen molar-refractivity contribution in [2.24, 2.45) is 10.2 Å². The van der Waals surface area contributed by atoms with E-state index in [1.165, 1.54) is 0 Å². The zero-order valence-corrected chi connectivity index (χ0v) is 12.3. The standard InChI is InChI=1S/C16H17ClN2O/c1-3-11(2)12-8-9-16(20)15(10-12)19-18-14-7-5-4-6-13(14)17/h4-11,20H,3H2,1-2H3. The number of hydrogen-bond donors (Lipinski definition) is 1. The van der Waals surface area contributed by atoms with E-state index in [0.717, 1.165) is 12.0 Å². The molecule has 20 heavy (non-hydrogen) atoms. The van der Waals surface area contributed by atoms with E-state index in [2.05, 4.69) is 24.1 Å². The monoisotopic (exact) mass is 288 g/mol. The molecule has 0 saturated heterocycles. The lowest BCUT2D eigenvalue weighted by atomic mass is 9.98. The Hall–Kier alpha value is -1.87. The van der Waals surface area contributed by atoms with Crippen molar-refractivity contribution < 1.29 is 5.11 Å². The molecule has 2 aromatic rings. The normalized spacial score (nSPS) is 12.8. The van der Waals surface area contributed by atoms with Gasteiger partial charge in [-0.25, -0.2) is 0 Å². The molecule has 1 N–H and O–H groups in total. The van der Waals surface area contributed by atoms with Gasteiger partial charge in [-0.2, -0.15) is 0 Å². The second-order valence-electron chi connectivity index (χ2n) is 4.71. The number of rotatable bonds is 4. The third-order valence-electron chi connectivity index (χ3n) is 3.30. The zero-order valence-electron chi connectivity index (χ0n) is 11.5. The molecule has 4 heteroatoms. The van der Waals surface area contributed by atoms with Gasteiger partial charge in [-0.15, -0.1) is 10.2 Å². The molecule has 2 aromatic carbocycles. The summed E-state index contributed by atoms with van der Waals surface area (Å²) in [6.07, 6.45) is 1.03. The van der Waals surface area contributed by atoms with Crippen LogP contribution < -0.4 is 0 Å². The largest absolute Gasteiger partial charge is 0.506 e. The van der Waals surface area contributed by atoms with Gasteiger partial charge >= 0.3 is 0 Å². The number of azo groups is 1. The molecule has 0 amide bonds. The van der Waals surface area contributed by atoms with E-state index in [1.807, 2.05) is 24.3 Å². The van der Waals surface area contributed by atoms with E-state index < -0.39 is 0 Å². The van der Waals surface area contributed by atoms with Crippen LogP contribution in [0.4, 0.5) is 11.4 Å². The molecule has 0 aromatic heterocycles. The summed E-state index contributed by atoms with van der Waals surface area (Å²) < 4.78 is 0. The van der Waals surface area contributed by atoms with E-state index in [9.17, 15) is 5.11 Å². The van der Waals surface area contributed by atoms with Gasteiger partial charge < -0.3 is 5.11 Å². The molecule has 0 spiro atoms. The molecule has 1 atom stereocenters. The van der Waals surface area contributed by atoms with Crippen molar-refractivity contribution in [3.05, 3.63) is 53.1 Å². The average Bonchev–Trinajstić information content (AvgIpc) is 2.47. The number of phenols is 1. The van der Waals surface area contributed by atoms with Crippen molar-refractivity contribution in [1.82, 2.24) is 0 Å². The Morgan fingerprint density at radius 2 is 1.80 bits per heavy atom. The second kappa shape index (κ2) is 6.53. The fraction of sp³-hybridized carbons (Fsp3) is 0.250. The van der Waals surface area contributed by atoms with Crippen molar-refractivity contribution in [1.29, 1.82) is 0 Å². The second-order valence-corrected chi connectivity index (χ2v) is 5.12. The predicted octanol–water partition coefficient (Wildman–Crippen LogP) is 5.97. The topological polar surface area (TPSA) is 45.0 Å². The molecule has 2 rings (SSSR count). The minimum Gasteiger partial charge on any atom is -0.506 e. The molecular weight excluding hydrogens is 272 g/mol. The van der Waals surface area contributed by atoms with Crippen molar-refractivity contribution in [3.63, 3.8) is 0 Å². The SMILES string of the molecule is CCC(C)c1ccc(O)c(N=Nc2ccccc2Cl)c1. The maximum atomic E-state index is 9.85. The molecule has 0 aliphatic carbocycles. The van der Waals surface area contributed by atoms with Crippen LogP contribution in [0.2, 0.25) is 5.02 Å². The number of phenolic OH excluding ortho intramolecular Hbond substituents is 1. The van der Waals surface area contributed by atoms with Crippen molar-refractivity contribution in [2.75, 3.05) is 0 Å². The van der Waals surface area contributed by atoms with Gasteiger partial charge in [0, 0.05) is 0 Å². The van der Waals surface area contributed by atoms with E-state index in [-0.39, 0.29) is 5.75 Å². The first-order valence-electron chi connectivity index (χ1n) is 6.61. The lowest BCUT2D eigenvalue weighted by Gasteiger charge is -2.09. The molecule has 104 valence electrons. The van der Waals surface area contributed by atoms with Gasteiger partial charge in [-0.05, 0) is 42.2 Å². The Bertz CT molecular complexity index is 626. The zero-order chi connectivity index (χ0) is 14.5. The maximum Gasteiger partial charge on any atom is 0.143 e. The molecule has 0 aliphatic rings. The number of halogens is 1. The summed E-state index contributed by atoms with van der Waals surface area (Å²) >= 11 is 6.02. The summed E-state index contributed by atoms with van der Waals surface area (Å²) in [6, 6.07) is 12.6. The Labute approximate surface area is 123 Å². The molecule has 0 heterocycles. The van der Waals surface area contributed by atoms with Crippen molar-refractivity contribution in [3.8, 4) is 5.75 Å². The summed E-state index contributed by atoms with van der Waals surface area (Å²) in [5.41, 5.74) is 2.18. The quantitative estimate of drug-likeness (QED) is 0.692. The van der Waals surface area contributed by atoms with E-state index in [4.69, 9.17) is 11.6 Å². The van der Waals surface area contributed by atoms with Crippen LogP contribution in [-0.4, -0.2) is 5.11 Å². The van der Waals surface area contributed by atoms with E-state index >= 15 is 0 Å². The van der Waals surface area contributed by atoms with Gasteiger partial charge in [0.15, 0.2) is 0 Å². The van der Waals surface area contributed by atoms with Gasteiger partial charge in [-0.3, -0.25) is 0 Å².